The molecule has 3 aromatic rings. The number of nitrogens with one attached hydrogen (secondary N) is 2. The maximum Gasteiger partial charge on any atom is 0.125 e. The summed E-state index contributed by atoms with van der Waals surface area (Å²) in [7, 11) is 0. The first kappa shape index (κ1) is 13.4. The van der Waals surface area contributed by atoms with Crippen LogP contribution >= 0.6 is 0 Å². The van der Waals surface area contributed by atoms with Crippen molar-refractivity contribution in [1.82, 2.24) is 30.7 Å². The molecular formula is C15H16N6. The van der Waals surface area contributed by atoms with Crippen LogP contribution in [-0.4, -0.2) is 25.4 Å². The van der Waals surface area contributed by atoms with E-state index in [4.69, 9.17) is 0 Å². The van der Waals surface area contributed by atoms with Gasteiger partial charge in [-0.3, -0.25) is 0 Å². The van der Waals surface area contributed by atoms with Gasteiger partial charge in [0, 0.05) is 24.8 Å². The summed E-state index contributed by atoms with van der Waals surface area (Å²) in [5.41, 5.74) is 3.79. The number of hydrogen-bond acceptors (Lipinski definition) is 5. The number of aryl methyl sites for hydroxylation is 1. The van der Waals surface area contributed by atoms with Crippen LogP contribution in [0.25, 0.3) is 11.3 Å². The van der Waals surface area contributed by atoms with Crippen molar-refractivity contribution in [3.63, 3.8) is 0 Å². The zero-order valence-corrected chi connectivity index (χ0v) is 11.7. The topological polar surface area (TPSA) is 79.4 Å². The summed E-state index contributed by atoms with van der Waals surface area (Å²) in [6, 6.07) is 11.9. The predicted octanol–water partition coefficient (Wildman–Crippen LogP) is 1.86. The first-order valence-electron chi connectivity index (χ1n) is 6.77. The second-order valence-electron chi connectivity index (χ2n) is 4.68. The summed E-state index contributed by atoms with van der Waals surface area (Å²) in [5, 5.41) is 14.5. The zero-order chi connectivity index (χ0) is 14.5. The lowest BCUT2D eigenvalue weighted by atomic mass is 10.1. The minimum absolute atomic E-state index is 0.629. The average Bonchev–Trinajstić information content (AvgIpc) is 2.97. The highest BCUT2D eigenvalue weighted by molar-refractivity contribution is 5.60. The molecule has 0 aliphatic rings. The van der Waals surface area contributed by atoms with E-state index < -0.39 is 0 Å². The molecule has 0 aliphatic heterocycles. The molecule has 0 saturated heterocycles. The van der Waals surface area contributed by atoms with E-state index in [1.165, 1.54) is 0 Å². The van der Waals surface area contributed by atoms with Crippen LogP contribution in [0.4, 0.5) is 0 Å². The summed E-state index contributed by atoms with van der Waals surface area (Å²) in [4.78, 5) is 8.44. The van der Waals surface area contributed by atoms with Crippen LogP contribution in [0.2, 0.25) is 0 Å². The molecule has 2 N–H and O–H groups in total. The summed E-state index contributed by atoms with van der Waals surface area (Å²) in [6.45, 7) is 3.18. The van der Waals surface area contributed by atoms with Crippen LogP contribution < -0.4 is 5.32 Å². The highest BCUT2D eigenvalue weighted by Crippen LogP contribution is 2.18. The number of rotatable bonds is 5. The SMILES string of the molecule is Cc1nccc(CNCc2n[nH]nc2-c2ccccc2)n1. The Morgan fingerprint density at radius 1 is 1.05 bits per heavy atom. The van der Waals surface area contributed by atoms with Crippen LogP contribution in [0, 0.1) is 6.92 Å². The van der Waals surface area contributed by atoms with Gasteiger partial charge in [-0.05, 0) is 13.0 Å². The van der Waals surface area contributed by atoms with Gasteiger partial charge in [0.1, 0.15) is 17.2 Å². The largest absolute Gasteiger partial charge is 0.305 e. The van der Waals surface area contributed by atoms with Gasteiger partial charge in [0.05, 0.1) is 5.69 Å². The lowest BCUT2D eigenvalue weighted by molar-refractivity contribution is 0.662. The molecule has 0 atom stereocenters. The fraction of sp³-hybridized carbons (Fsp3) is 0.200. The van der Waals surface area contributed by atoms with Crippen molar-refractivity contribution in [2.24, 2.45) is 0 Å². The van der Waals surface area contributed by atoms with Crippen LogP contribution in [0.15, 0.2) is 42.6 Å². The molecule has 6 nitrogen and oxygen atoms in total. The molecule has 0 unspecified atom stereocenters. The van der Waals surface area contributed by atoms with Crippen molar-refractivity contribution in [3.8, 4) is 11.3 Å². The maximum absolute atomic E-state index is 4.36. The van der Waals surface area contributed by atoms with Crippen molar-refractivity contribution in [2.45, 2.75) is 20.0 Å². The molecule has 0 fully saturated rings. The number of benzene rings is 1. The van der Waals surface area contributed by atoms with Crippen LogP contribution in [0.5, 0.6) is 0 Å². The smallest absolute Gasteiger partial charge is 0.125 e. The van der Waals surface area contributed by atoms with E-state index in [1.54, 1.807) is 6.20 Å². The Bertz CT molecular complexity index is 707. The van der Waals surface area contributed by atoms with Gasteiger partial charge >= 0.3 is 0 Å². The van der Waals surface area contributed by atoms with Gasteiger partial charge < -0.3 is 5.32 Å². The first-order chi connectivity index (χ1) is 10.3. The third kappa shape index (κ3) is 3.29. The maximum atomic E-state index is 4.36. The van der Waals surface area contributed by atoms with Gasteiger partial charge in [-0.25, -0.2) is 9.97 Å². The number of aromatic amines is 1. The van der Waals surface area contributed by atoms with Gasteiger partial charge in [0.25, 0.3) is 0 Å². The molecular weight excluding hydrogens is 264 g/mol. The van der Waals surface area contributed by atoms with Crippen molar-refractivity contribution >= 4 is 0 Å². The summed E-state index contributed by atoms with van der Waals surface area (Å²) in [6.07, 6.45) is 1.77. The molecule has 0 bridgehead atoms. The summed E-state index contributed by atoms with van der Waals surface area (Å²) < 4.78 is 0. The normalized spacial score (nSPS) is 10.7. The van der Waals surface area contributed by atoms with Gasteiger partial charge in [0.2, 0.25) is 0 Å². The third-order valence-corrected chi connectivity index (χ3v) is 3.10. The van der Waals surface area contributed by atoms with E-state index in [9.17, 15) is 0 Å². The minimum atomic E-state index is 0.629. The highest BCUT2D eigenvalue weighted by Gasteiger charge is 2.09. The third-order valence-electron chi connectivity index (χ3n) is 3.10. The van der Waals surface area contributed by atoms with E-state index in [0.717, 1.165) is 28.5 Å². The number of hydrogen-bond donors (Lipinski definition) is 2. The molecule has 0 saturated carbocycles. The van der Waals surface area contributed by atoms with Gasteiger partial charge in [-0.15, -0.1) is 0 Å². The van der Waals surface area contributed by atoms with E-state index in [-0.39, 0.29) is 0 Å². The highest BCUT2D eigenvalue weighted by atomic mass is 15.3. The molecule has 3 rings (SSSR count). The Labute approximate surface area is 122 Å². The lowest BCUT2D eigenvalue weighted by Gasteiger charge is -2.04. The molecule has 0 amide bonds. The number of aromatic nitrogens is 5. The van der Waals surface area contributed by atoms with Crippen LogP contribution in [0.1, 0.15) is 17.2 Å². The van der Waals surface area contributed by atoms with E-state index in [0.29, 0.717) is 13.1 Å². The minimum Gasteiger partial charge on any atom is -0.305 e. The lowest BCUT2D eigenvalue weighted by Crippen LogP contribution is -2.15. The van der Waals surface area contributed by atoms with Crippen molar-refractivity contribution < 1.29 is 0 Å². The molecule has 2 aromatic heterocycles. The Hall–Kier alpha value is -2.60. The van der Waals surface area contributed by atoms with Gasteiger partial charge in [-0.2, -0.15) is 15.4 Å². The molecule has 2 heterocycles. The first-order valence-corrected chi connectivity index (χ1v) is 6.77. The Morgan fingerprint density at radius 3 is 2.71 bits per heavy atom. The number of H-pyrrole nitrogens is 1. The monoisotopic (exact) mass is 280 g/mol. The second-order valence-corrected chi connectivity index (χ2v) is 4.68. The quantitative estimate of drug-likeness (QED) is 0.745. The molecule has 0 aliphatic carbocycles. The van der Waals surface area contributed by atoms with E-state index >= 15 is 0 Å². The van der Waals surface area contributed by atoms with Crippen LogP contribution in [-0.2, 0) is 13.1 Å². The van der Waals surface area contributed by atoms with Crippen molar-refractivity contribution in [1.29, 1.82) is 0 Å². The molecule has 106 valence electrons. The summed E-state index contributed by atoms with van der Waals surface area (Å²) >= 11 is 0. The van der Waals surface area contributed by atoms with Gasteiger partial charge in [0.15, 0.2) is 0 Å². The second kappa shape index (κ2) is 6.23. The van der Waals surface area contributed by atoms with Crippen molar-refractivity contribution in [2.75, 3.05) is 0 Å². The molecule has 21 heavy (non-hydrogen) atoms. The summed E-state index contributed by atoms with van der Waals surface area (Å²) in [5.74, 6) is 0.778. The van der Waals surface area contributed by atoms with Gasteiger partial charge in [-0.1, -0.05) is 30.3 Å². The van der Waals surface area contributed by atoms with E-state index in [1.807, 2.05) is 43.3 Å². The van der Waals surface area contributed by atoms with E-state index in [2.05, 4.69) is 30.7 Å². The zero-order valence-electron chi connectivity index (χ0n) is 11.7. The Morgan fingerprint density at radius 2 is 1.90 bits per heavy atom. The standard InChI is InChI=1S/C15H16N6/c1-11-17-8-7-13(18-11)9-16-10-14-15(20-21-19-14)12-5-3-2-4-6-12/h2-8,16H,9-10H2,1H3,(H,19,20,21). The molecule has 6 heteroatoms. The molecule has 0 radical (unpaired) electrons. The Balaban J connectivity index is 1.66. The Kier molecular flexibility index (Phi) is 3.97. The predicted molar refractivity (Wildman–Crippen MR) is 79.1 cm³/mol. The fourth-order valence-corrected chi connectivity index (χ4v) is 2.12. The molecule has 0 spiro atoms. The number of nitrogens with zero attached hydrogens (tertiary/aromatic N) is 4. The van der Waals surface area contributed by atoms with Crippen LogP contribution in [0.3, 0.4) is 0 Å². The van der Waals surface area contributed by atoms with Crippen molar-refractivity contribution in [3.05, 3.63) is 59.8 Å². The molecule has 1 aromatic carbocycles. The average molecular weight is 280 g/mol. The fourth-order valence-electron chi connectivity index (χ4n) is 2.12.